The fourth-order valence-electron chi connectivity index (χ4n) is 2.19. The molecule has 1 amide bonds. The van der Waals surface area contributed by atoms with Crippen molar-refractivity contribution < 1.29 is 9.59 Å². The van der Waals surface area contributed by atoms with E-state index in [1.165, 1.54) is 0 Å². The highest BCUT2D eigenvalue weighted by Crippen LogP contribution is 2.07. The summed E-state index contributed by atoms with van der Waals surface area (Å²) in [4.78, 5) is 26.3. The van der Waals surface area contributed by atoms with Gasteiger partial charge in [0.25, 0.3) is 0 Å². The number of carbonyl (C=O) groups excluding carboxylic acids is 2. The number of nitrogens with zero attached hydrogens (tertiary/aromatic N) is 2. The van der Waals surface area contributed by atoms with Crippen LogP contribution in [0.5, 0.6) is 0 Å². The molecule has 4 heteroatoms. The molecule has 1 saturated heterocycles. The Kier molecular flexibility index (Phi) is 6.19. The number of rotatable bonds is 6. The van der Waals surface area contributed by atoms with Gasteiger partial charge < -0.3 is 9.69 Å². The van der Waals surface area contributed by atoms with E-state index in [-0.39, 0.29) is 5.91 Å². The molecule has 0 saturated carbocycles. The van der Waals surface area contributed by atoms with Crippen molar-refractivity contribution in [2.75, 3.05) is 32.7 Å². The fraction of sp³-hybridized carbons (Fsp3) is 0.846. The van der Waals surface area contributed by atoms with E-state index in [4.69, 9.17) is 0 Å². The normalized spacial score (nSPS) is 17.5. The summed E-state index contributed by atoms with van der Waals surface area (Å²) in [5, 5.41) is 0. The Morgan fingerprint density at radius 3 is 2.41 bits per heavy atom. The van der Waals surface area contributed by atoms with Crippen molar-refractivity contribution in [1.29, 1.82) is 0 Å². The number of hydrogen-bond donors (Lipinski definition) is 0. The average Bonchev–Trinajstić information content (AvgIpc) is 2.29. The van der Waals surface area contributed by atoms with E-state index in [9.17, 15) is 9.59 Å². The number of unbranched alkanes of at least 4 members (excludes halogenated alkanes) is 1. The highest BCUT2D eigenvalue weighted by atomic mass is 16.2. The third kappa shape index (κ3) is 5.31. The average molecular weight is 240 g/mol. The molecule has 0 aromatic rings. The molecule has 0 aromatic heterocycles. The van der Waals surface area contributed by atoms with E-state index in [1.54, 1.807) is 0 Å². The Morgan fingerprint density at radius 1 is 1.24 bits per heavy atom. The molecular formula is C13H24N2O2. The van der Waals surface area contributed by atoms with E-state index in [2.05, 4.69) is 18.7 Å². The Labute approximate surface area is 104 Å². The standard InChI is InChI=1S/C13H24N2O2/c1-12(2)11-14-6-8-15(9-7-14)13(17)5-3-4-10-16/h10,12H,3-9,11H2,1-2H3. The van der Waals surface area contributed by atoms with Crippen LogP contribution in [-0.4, -0.2) is 54.7 Å². The van der Waals surface area contributed by atoms with Crippen LogP contribution in [0, 0.1) is 5.92 Å². The van der Waals surface area contributed by atoms with Crippen LogP contribution >= 0.6 is 0 Å². The molecule has 4 nitrogen and oxygen atoms in total. The molecule has 1 rings (SSSR count). The van der Waals surface area contributed by atoms with Crippen LogP contribution < -0.4 is 0 Å². The summed E-state index contributed by atoms with van der Waals surface area (Å²) in [5.41, 5.74) is 0. The third-order valence-electron chi connectivity index (χ3n) is 3.06. The zero-order valence-corrected chi connectivity index (χ0v) is 11.0. The lowest BCUT2D eigenvalue weighted by molar-refractivity contribution is -0.133. The molecule has 0 atom stereocenters. The van der Waals surface area contributed by atoms with E-state index >= 15 is 0 Å². The van der Waals surface area contributed by atoms with E-state index in [0.29, 0.717) is 25.2 Å². The number of amides is 1. The molecule has 0 bridgehead atoms. The number of aldehydes is 1. The van der Waals surface area contributed by atoms with Crippen molar-refractivity contribution in [3.05, 3.63) is 0 Å². The van der Waals surface area contributed by atoms with Gasteiger partial charge in [0.2, 0.25) is 5.91 Å². The molecule has 1 heterocycles. The molecule has 0 radical (unpaired) electrons. The molecular weight excluding hydrogens is 216 g/mol. The maximum Gasteiger partial charge on any atom is 0.222 e. The lowest BCUT2D eigenvalue weighted by Gasteiger charge is -2.35. The summed E-state index contributed by atoms with van der Waals surface area (Å²) >= 11 is 0. The highest BCUT2D eigenvalue weighted by molar-refractivity contribution is 5.76. The Balaban J connectivity index is 2.21. The molecule has 1 aliphatic rings. The SMILES string of the molecule is CC(C)CN1CCN(C(=O)CCCC=O)CC1. The number of piperazine rings is 1. The summed E-state index contributed by atoms with van der Waals surface area (Å²) in [6.07, 6.45) is 2.59. The van der Waals surface area contributed by atoms with Crippen molar-refractivity contribution in [3.8, 4) is 0 Å². The minimum Gasteiger partial charge on any atom is -0.340 e. The first-order chi connectivity index (χ1) is 8.13. The van der Waals surface area contributed by atoms with Gasteiger partial charge in [-0.05, 0) is 12.3 Å². The third-order valence-corrected chi connectivity index (χ3v) is 3.06. The van der Waals surface area contributed by atoms with Crippen molar-refractivity contribution in [2.45, 2.75) is 33.1 Å². The van der Waals surface area contributed by atoms with E-state index in [1.807, 2.05) is 4.90 Å². The Bertz CT molecular complexity index is 246. The summed E-state index contributed by atoms with van der Waals surface area (Å²) in [7, 11) is 0. The van der Waals surface area contributed by atoms with Gasteiger partial charge in [0.05, 0.1) is 0 Å². The van der Waals surface area contributed by atoms with Gasteiger partial charge in [0, 0.05) is 45.6 Å². The molecule has 0 N–H and O–H groups in total. The lowest BCUT2D eigenvalue weighted by atomic mass is 10.1. The lowest BCUT2D eigenvalue weighted by Crippen LogP contribution is -2.49. The smallest absolute Gasteiger partial charge is 0.222 e. The zero-order chi connectivity index (χ0) is 12.7. The van der Waals surface area contributed by atoms with Crippen LogP contribution in [0.1, 0.15) is 33.1 Å². The van der Waals surface area contributed by atoms with Crippen molar-refractivity contribution >= 4 is 12.2 Å². The summed E-state index contributed by atoms with van der Waals surface area (Å²) in [5.74, 6) is 0.890. The van der Waals surface area contributed by atoms with Gasteiger partial charge in [-0.15, -0.1) is 0 Å². The number of carbonyl (C=O) groups is 2. The van der Waals surface area contributed by atoms with Crippen molar-refractivity contribution in [2.24, 2.45) is 5.92 Å². The van der Waals surface area contributed by atoms with Gasteiger partial charge in [0.15, 0.2) is 0 Å². The van der Waals surface area contributed by atoms with E-state index < -0.39 is 0 Å². The zero-order valence-electron chi connectivity index (χ0n) is 11.0. The van der Waals surface area contributed by atoms with Crippen LogP contribution in [0.4, 0.5) is 0 Å². The van der Waals surface area contributed by atoms with E-state index in [0.717, 1.165) is 39.0 Å². The van der Waals surface area contributed by atoms with Crippen molar-refractivity contribution in [1.82, 2.24) is 9.80 Å². The number of hydrogen-bond acceptors (Lipinski definition) is 3. The van der Waals surface area contributed by atoms with Crippen molar-refractivity contribution in [3.63, 3.8) is 0 Å². The summed E-state index contributed by atoms with van der Waals surface area (Å²) in [6.45, 7) is 9.20. The maximum atomic E-state index is 11.8. The molecule has 98 valence electrons. The largest absolute Gasteiger partial charge is 0.340 e. The van der Waals surface area contributed by atoms with Crippen LogP contribution in [0.2, 0.25) is 0 Å². The van der Waals surface area contributed by atoms with Crippen LogP contribution in [0.3, 0.4) is 0 Å². The second-order valence-corrected chi connectivity index (χ2v) is 5.13. The van der Waals surface area contributed by atoms with Crippen LogP contribution in [0.15, 0.2) is 0 Å². The maximum absolute atomic E-state index is 11.8. The molecule has 0 unspecified atom stereocenters. The predicted molar refractivity (Wildman–Crippen MR) is 67.8 cm³/mol. The van der Waals surface area contributed by atoms with Gasteiger partial charge in [-0.25, -0.2) is 0 Å². The molecule has 1 fully saturated rings. The summed E-state index contributed by atoms with van der Waals surface area (Å²) in [6, 6.07) is 0. The van der Waals surface area contributed by atoms with Gasteiger partial charge >= 0.3 is 0 Å². The first kappa shape index (κ1) is 14.2. The minimum absolute atomic E-state index is 0.205. The van der Waals surface area contributed by atoms with Gasteiger partial charge in [-0.1, -0.05) is 13.8 Å². The fourth-order valence-corrected chi connectivity index (χ4v) is 2.19. The van der Waals surface area contributed by atoms with Gasteiger partial charge in [-0.3, -0.25) is 9.69 Å². The highest BCUT2D eigenvalue weighted by Gasteiger charge is 2.20. The summed E-state index contributed by atoms with van der Waals surface area (Å²) < 4.78 is 0. The Hall–Kier alpha value is -0.900. The second-order valence-electron chi connectivity index (χ2n) is 5.13. The Morgan fingerprint density at radius 2 is 1.88 bits per heavy atom. The van der Waals surface area contributed by atoms with Crippen LogP contribution in [-0.2, 0) is 9.59 Å². The molecule has 1 aliphatic heterocycles. The van der Waals surface area contributed by atoms with Gasteiger partial charge in [0.1, 0.15) is 6.29 Å². The first-order valence-corrected chi connectivity index (χ1v) is 6.57. The molecule has 0 spiro atoms. The monoisotopic (exact) mass is 240 g/mol. The quantitative estimate of drug-likeness (QED) is 0.516. The first-order valence-electron chi connectivity index (χ1n) is 6.57. The molecule has 0 aliphatic carbocycles. The molecule has 17 heavy (non-hydrogen) atoms. The minimum atomic E-state index is 0.205. The predicted octanol–water partition coefficient (Wildman–Crippen LogP) is 1.16. The van der Waals surface area contributed by atoms with Gasteiger partial charge in [-0.2, -0.15) is 0 Å². The van der Waals surface area contributed by atoms with Crippen LogP contribution in [0.25, 0.3) is 0 Å². The second kappa shape index (κ2) is 7.43. The topological polar surface area (TPSA) is 40.6 Å². The molecule has 0 aromatic carbocycles.